The van der Waals surface area contributed by atoms with Gasteiger partial charge in [0.15, 0.2) is 11.5 Å². The van der Waals surface area contributed by atoms with Crippen LogP contribution in [0.15, 0.2) is 67.0 Å². The zero-order chi connectivity index (χ0) is 26.3. The van der Waals surface area contributed by atoms with E-state index in [0.717, 1.165) is 34.1 Å². The quantitative estimate of drug-likeness (QED) is 0.263. The highest BCUT2D eigenvalue weighted by atomic mass is 19.4. The van der Waals surface area contributed by atoms with Gasteiger partial charge in [-0.15, -0.1) is 0 Å². The Morgan fingerprint density at radius 3 is 2.32 bits per heavy atom. The van der Waals surface area contributed by atoms with Crippen molar-refractivity contribution in [3.63, 3.8) is 0 Å². The number of benzene rings is 2. The summed E-state index contributed by atoms with van der Waals surface area (Å²) in [4.78, 5) is 13.4. The van der Waals surface area contributed by atoms with Crippen molar-refractivity contribution in [1.29, 1.82) is 0 Å². The molecule has 0 unspecified atom stereocenters. The molecule has 5 rings (SSSR count). The SMILES string of the molecule is COc1nc(-c2ccccc2C(C)C)nc2c(Cc3ccc(-c4nc(C(F)(F)F)cn4C)cc3)ccn12. The molecule has 0 atom stereocenters. The number of ether oxygens (including phenoxy) is 1. The molecule has 0 spiro atoms. The second-order valence-corrected chi connectivity index (χ2v) is 9.24. The second kappa shape index (κ2) is 9.38. The molecule has 37 heavy (non-hydrogen) atoms. The molecular formula is C28H26F3N5O. The maximum absolute atomic E-state index is 13.1. The third-order valence-corrected chi connectivity index (χ3v) is 6.34. The zero-order valence-corrected chi connectivity index (χ0v) is 20.9. The molecule has 0 saturated heterocycles. The Kier molecular flexibility index (Phi) is 6.23. The van der Waals surface area contributed by atoms with E-state index in [1.807, 2.05) is 47.0 Å². The van der Waals surface area contributed by atoms with Gasteiger partial charge in [-0.25, -0.2) is 9.97 Å². The van der Waals surface area contributed by atoms with Crippen LogP contribution >= 0.6 is 0 Å². The lowest BCUT2D eigenvalue weighted by atomic mass is 9.97. The molecule has 6 nitrogen and oxygen atoms in total. The summed E-state index contributed by atoms with van der Waals surface area (Å²) in [6.45, 7) is 4.27. The van der Waals surface area contributed by atoms with Gasteiger partial charge < -0.3 is 9.30 Å². The van der Waals surface area contributed by atoms with E-state index in [1.165, 1.54) is 4.57 Å². The maximum Gasteiger partial charge on any atom is 0.434 e. The number of hydrogen-bond acceptors (Lipinski definition) is 4. The molecule has 0 amide bonds. The van der Waals surface area contributed by atoms with Crippen molar-refractivity contribution < 1.29 is 17.9 Å². The second-order valence-electron chi connectivity index (χ2n) is 9.24. The minimum absolute atomic E-state index is 0.263. The Labute approximate surface area is 212 Å². The average Bonchev–Trinajstić information content (AvgIpc) is 3.47. The number of nitrogens with zero attached hydrogens (tertiary/aromatic N) is 5. The van der Waals surface area contributed by atoms with Crippen LogP contribution in [0.1, 0.15) is 42.1 Å². The number of hydrogen-bond donors (Lipinski definition) is 0. The Balaban J connectivity index is 1.49. The van der Waals surface area contributed by atoms with Crippen LogP contribution in [-0.4, -0.2) is 31.0 Å². The normalized spacial score (nSPS) is 12.0. The first kappa shape index (κ1) is 24.5. The number of aromatic nitrogens is 5. The fourth-order valence-electron chi connectivity index (χ4n) is 4.48. The van der Waals surface area contributed by atoms with Crippen molar-refractivity contribution in [3.8, 4) is 28.8 Å². The highest BCUT2D eigenvalue weighted by Gasteiger charge is 2.34. The van der Waals surface area contributed by atoms with Crippen LogP contribution in [0.2, 0.25) is 0 Å². The predicted octanol–water partition coefficient (Wildman–Crippen LogP) is 6.54. The van der Waals surface area contributed by atoms with Gasteiger partial charge in [0.1, 0.15) is 11.5 Å². The van der Waals surface area contributed by atoms with Crippen molar-refractivity contribution in [2.75, 3.05) is 7.11 Å². The summed E-state index contributed by atoms with van der Waals surface area (Å²) < 4.78 is 47.9. The van der Waals surface area contributed by atoms with Gasteiger partial charge in [0.25, 0.3) is 0 Å². The van der Waals surface area contributed by atoms with E-state index < -0.39 is 11.9 Å². The molecule has 2 aromatic carbocycles. The molecule has 3 aromatic heterocycles. The van der Waals surface area contributed by atoms with Gasteiger partial charge in [0.05, 0.1) is 7.11 Å². The number of halogens is 3. The fraction of sp³-hybridized carbons (Fsp3) is 0.250. The van der Waals surface area contributed by atoms with Crippen LogP contribution in [0, 0.1) is 0 Å². The number of alkyl halides is 3. The molecule has 190 valence electrons. The Hall–Kier alpha value is -4.14. The van der Waals surface area contributed by atoms with E-state index in [9.17, 15) is 13.2 Å². The molecular weight excluding hydrogens is 479 g/mol. The van der Waals surface area contributed by atoms with Gasteiger partial charge in [-0.3, -0.25) is 4.40 Å². The number of aryl methyl sites for hydroxylation is 1. The minimum atomic E-state index is -4.48. The first-order valence-electron chi connectivity index (χ1n) is 11.9. The lowest BCUT2D eigenvalue weighted by Gasteiger charge is -2.13. The van der Waals surface area contributed by atoms with Crippen molar-refractivity contribution in [1.82, 2.24) is 23.9 Å². The highest BCUT2D eigenvalue weighted by molar-refractivity contribution is 5.65. The number of fused-ring (bicyclic) bond motifs is 1. The molecule has 5 aromatic rings. The number of imidazole rings is 1. The molecule has 0 N–H and O–H groups in total. The van der Waals surface area contributed by atoms with Gasteiger partial charge in [-0.2, -0.15) is 18.2 Å². The monoisotopic (exact) mass is 505 g/mol. The zero-order valence-electron chi connectivity index (χ0n) is 20.9. The van der Waals surface area contributed by atoms with E-state index in [0.29, 0.717) is 29.7 Å². The first-order valence-corrected chi connectivity index (χ1v) is 11.9. The predicted molar refractivity (Wildman–Crippen MR) is 136 cm³/mol. The van der Waals surface area contributed by atoms with Crippen molar-refractivity contribution in [2.45, 2.75) is 32.4 Å². The molecule has 0 saturated carbocycles. The Bertz CT molecular complexity index is 1570. The standard InChI is InChI=1S/C28H26F3N5O/c1-17(2)21-7-5-6-8-22(21)24-33-26-20(13-14-36(26)27(34-24)37-4)15-18-9-11-19(12-10-18)25-32-23(16-35(25)3)28(29,30)31/h5-14,16-17H,15H2,1-4H3. The first-order chi connectivity index (χ1) is 17.7. The van der Waals surface area contributed by atoms with E-state index >= 15 is 0 Å². The van der Waals surface area contributed by atoms with E-state index in [4.69, 9.17) is 9.72 Å². The Morgan fingerprint density at radius 1 is 0.946 bits per heavy atom. The topological polar surface area (TPSA) is 57.2 Å². The van der Waals surface area contributed by atoms with Crippen LogP contribution in [0.3, 0.4) is 0 Å². The Morgan fingerprint density at radius 2 is 1.68 bits per heavy atom. The average molecular weight is 506 g/mol. The van der Waals surface area contributed by atoms with Gasteiger partial charge in [-0.05, 0) is 23.1 Å². The molecule has 0 fully saturated rings. The molecule has 0 aliphatic carbocycles. The molecule has 3 heterocycles. The molecule has 0 radical (unpaired) electrons. The van der Waals surface area contributed by atoms with Crippen LogP contribution < -0.4 is 4.74 Å². The summed E-state index contributed by atoms with van der Waals surface area (Å²) in [6, 6.07) is 17.9. The number of rotatable bonds is 6. The molecule has 0 bridgehead atoms. The van der Waals surface area contributed by atoms with E-state index in [1.54, 1.807) is 26.3 Å². The van der Waals surface area contributed by atoms with Crippen LogP contribution in [0.4, 0.5) is 13.2 Å². The van der Waals surface area contributed by atoms with Crippen LogP contribution in [0.5, 0.6) is 6.01 Å². The van der Waals surface area contributed by atoms with E-state index in [2.05, 4.69) is 29.9 Å². The summed E-state index contributed by atoms with van der Waals surface area (Å²) in [6.07, 6.45) is -1.03. The van der Waals surface area contributed by atoms with Crippen molar-refractivity contribution >= 4 is 5.65 Å². The largest absolute Gasteiger partial charge is 0.468 e. The van der Waals surface area contributed by atoms with Gasteiger partial charge >= 0.3 is 12.2 Å². The third kappa shape index (κ3) is 4.69. The number of methoxy groups -OCH3 is 1. The van der Waals surface area contributed by atoms with Gasteiger partial charge in [-0.1, -0.05) is 62.4 Å². The summed E-state index contributed by atoms with van der Waals surface area (Å²) >= 11 is 0. The fourth-order valence-corrected chi connectivity index (χ4v) is 4.48. The van der Waals surface area contributed by atoms with Crippen molar-refractivity contribution in [2.24, 2.45) is 7.05 Å². The summed E-state index contributed by atoms with van der Waals surface area (Å²) in [5.74, 6) is 1.16. The van der Waals surface area contributed by atoms with Crippen molar-refractivity contribution in [3.05, 3.63) is 89.4 Å². The summed E-state index contributed by atoms with van der Waals surface area (Å²) in [5, 5.41) is 0. The van der Waals surface area contributed by atoms with E-state index in [-0.39, 0.29) is 5.82 Å². The van der Waals surface area contributed by atoms with Gasteiger partial charge in [0.2, 0.25) is 0 Å². The third-order valence-electron chi connectivity index (χ3n) is 6.34. The lowest BCUT2D eigenvalue weighted by Crippen LogP contribution is -2.04. The molecule has 0 aliphatic rings. The summed E-state index contributed by atoms with van der Waals surface area (Å²) in [5.41, 5.74) is 4.53. The minimum Gasteiger partial charge on any atom is -0.468 e. The maximum atomic E-state index is 13.1. The van der Waals surface area contributed by atoms with Gasteiger partial charge in [0, 0.05) is 42.6 Å². The van der Waals surface area contributed by atoms with Crippen LogP contribution in [0.25, 0.3) is 28.4 Å². The highest BCUT2D eigenvalue weighted by Crippen LogP contribution is 2.32. The molecule has 0 aliphatic heterocycles. The smallest absolute Gasteiger partial charge is 0.434 e. The van der Waals surface area contributed by atoms with Crippen LogP contribution in [-0.2, 0) is 19.6 Å². The molecule has 9 heteroatoms. The summed E-state index contributed by atoms with van der Waals surface area (Å²) in [7, 11) is 3.14. The lowest BCUT2D eigenvalue weighted by molar-refractivity contribution is -0.140.